The smallest absolute Gasteiger partial charge is 0.0583 e. The highest BCUT2D eigenvalue weighted by Crippen LogP contribution is 2.40. The predicted octanol–water partition coefficient (Wildman–Crippen LogP) is 3.83. The minimum absolute atomic E-state index is 0.0134. The minimum atomic E-state index is -0.0134. The molecule has 3 fully saturated rings. The molecule has 2 saturated carbocycles. The molecule has 0 aromatic heterocycles. The highest BCUT2D eigenvalue weighted by atomic mass is 16.3. The highest BCUT2D eigenvalue weighted by molar-refractivity contribution is 4.94. The van der Waals surface area contributed by atoms with Crippen molar-refractivity contribution >= 4 is 0 Å². The van der Waals surface area contributed by atoms with Crippen LogP contribution in [0.4, 0.5) is 0 Å². The highest BCUT2D eigenvalue weighted by Gasteiger charge is 2.40. The third-order valence-electron chi connectivity index (χ3n) is 6.66. The molecule has 6 unspecified atom stereocenters. The van der Waals surface area contributed by atoms with Gasteiger partial charge in [-0.3, -0.25) is 4.90 Å². The number of rotatable bonds is 2. The van der Waals surface area contributed by atoms with Crippen LogP contribution in [0.1, 0.15) is 71.6 Å². The molecule has 20 heavy (non-hydrogen) atoms. The fourth-order valence-electron chi connectivity index (χ4n) is 5.13. The molecule has 2 aliphatic carbocycles. The van der Waals surface area contributed by atoms with Crippen LogP contribution >= 0.6 is 0 Å². The van der Waals surface area contributed by atoms with Crippen molar-refractivity contribution in [1.29, 1.82) is 0 Å². The molecule has 6 atom stereocenters. The lowest BCUT2D eigenvalue weighted by Crippen LogP contribution is -2.52. The Kier molecular flexibility index (Phi) is 4.72. The Morgan fingerprint density at radius 1 is 0.850 bits per heavy atom. The zero-order chi connectivity index (χ0) is 14.1. The number of hydrogen-bond donors (Lipinski definition) is 1. The third kappa shape index (κ3) is 2.92. The van der Waals surface area contributed by atoms with Gasteiger partial charge in [0.15, 0.2) is 0 Å². The molecule has 116 valence electrons. The Bertz CT molecular complexity index is 319. The van der Waals surface area contributed by atoms with Crippen molar-refractivity contribution in [2.45, 2.75) is 89.8 Å². The van der Waals surface area contributed by atoms with Gasteiger partial charge in [0.05, 0.1) is 6.10 Å². The largest absolute Gasteiger partial charge is 0.393 e. The predicted molar refractivity (Wildman–Crippen MR) is 83.7 cm³/mol. The molecule has 1 heterocycles. The van der Waals surface area contributed by atoms with Gasteiger partial charge in [-0.25, -0.2) is 0 Å². The summed E-state index contributed by atoms with van der Waals surface area (Å²) in [7, 11) is 0. The first-order valence-electron chi connectivity index (χ1n) is 9.10. The molecule has 0 bridgehead atoms. The molecule has 0 amide bonds. The first-order chi connectivity index (χ1) is 9.66. The topological polar surface area (TPSA) is 23.5 Å². The molecule has 1 N–H and O–H groups in total. The molecule has 3 rings (SSSR count). The van der Waals surface area contributed by atoms with Crippen LogP contribution in [0.3, 0.4) is 0 Å². The Morgan fingerprint density at radius 3 is 2.40 bits per heavy atom. The van der Waals surface area contributed by atoms with E-state index in [0.29, 0.717) is 12.0 Å². The summed E-state index contributed by atoms with van der Waals surface area (Å²) in [6, 6.07) is 1.49. The fourth-order valence-corrected chi connectivity index (χ4v) is 5.13. The molecular formula is C18H33NO. The zero-order valence-corrected chi connectivity index (χ0v) is 13.4. The Morgan fingerprint density at radius 2 is 1.70 bits per heavy atom. The van der Waals surface area contributed by atoms with Crippen molar-refractivity contribution in [3.8, 4) is 0 Å². The van der Waals surface area contributed by atoms with Crippen molar-refractivity contribution in [3.05, 3.63) is 0 Å². The maximum Gasteiger partial charge on any atom is 0.0583 e. The molecule has 0 radical (unpaired) electrons. The maximum absolute atomic E-state index is 10.3. The van der Waals surface area contributed by atoms with Gasteiger partial charge >= 0.3 is 0 Å². The second kappa shape index (κ2) is 6.36. The van der Waals surface area contributed by atoms with E-state index in [2.05, 4.69) is 18.7 Å². The van der Waals surface area contributed by atoms with Crippen LogP contribution in [-0.4, -0.2) is 34.7 Å². The summed E-state index contributed by atoms with van der Waals surface area (Å²) in [5.74, 6) is 2.36. The van der Waals surface area contributed by atoms with Crippen molar-refractivity contribution in [1.82, 2.24) is 4.90 Å². The summed E-state index contributed by atoms with van der Waals surface area (Å²) in [4.78, 5) is 2.84. The van der Waals surface area contributed by atoms with E-state index in [4.69, 9.17) is 0 Å². The summed E-state index contributed by atoms with van der Waals surface area (Å²) in [6.07, 6.45) is 11.8. The fraction of sp³-hybridized carbons (Fsp3) is 1.00. The van der Waals surface area contributed by atoms with Gasteiger partial charge in [0, 0.05) is 18.0 Å². The van der Waals surface area contributed by atoms with E-state index in [1.807, 2.05) is 0 Å². The lowest BCUT2D eigenvalue weighted by atomic mass is 9.76. The number of piperidine rings is 1. The first-order valence-corrected chi connectivity index (χ1v) is 9.10. The monoisotopic (exact) mass is 279 g/mol. The molecule has 2 nitrogen and oxygen atoms in total. The van der Waals surface area contributed by atoms with Crippen LogP contribution in [0.25, 0.3) is 0 Å². The van der Waals surface area contributed by atoms with E-state index >= 15 is 0 Å². The van der Waals surface area contributed by atoms with Gasteiger partial charge in [-0.2, -0.15) is 0 Å². The maximum atomic E-state index is 10.3. The van der Waals surface area contributed by atoms with Crippen LogP contribution in [0.5, 0.6) is 0 Å². The normalized spacial score (nSPS) is 47.5. The van der Waals surface area contributed by atoms with Gasteiger partial charge < -0.3 is 5.11 Å². The number of nitrogens with zero attached hydrogens (tertiary/aromatic N) is 1. The number of likely N-dealkylation sites (tertiary alicyclic amines) is 1. The van der Waals surface area contributed by atoms with E-state index in [0.717, 1.165) is 24.3 Å². The molecule has 3 aliphatic rings. The number of aliphatic hydroxyl groups is 1. The van der Waals surface area contributed by atoms with Crippen molar-refractivity contribution in [2.75, 3.05) is 6.54 Å². The van der Waals surface area contributed by atoms with E-state index in [-0.39, 0.29) is 6.10 Å². The Balaban J connectivity index is 1.69. The molecule has 0 spiro atoms. The summed E-state index contributed by atoms with van der Waals surface area (Å²) >= 11 is 0. The SMILES string of the molecule is CC1CCC(N2CCCCC2C2CCCC2O)CC1C. The lowest BCUT2D eigenvalue weighted by molar-refractivity contribution is -0.00878. The van der Waals surface area contributed by atoms with Crippen molar-refractivity contribution < 1.29 is 5.11 Å². The van der Waals surface area contributed by atoms with Crippen LogP contribution in [0.15, 0.2) is 0 Å². The quantitative estimate of drug-likeness (QED) is 0.830. The van der Waals surface area contributed by atoms with Gasteiger partial charge in [0.25, 0.3) is 0 Å². The summed E-state index contributed by atoms with van der Waals surface area (Å²) in [6.45, 7) is 6.16. The summed E-state index contributed by atoms with van der Waals surface area (Å²) < 4.78 is 0. The third-order valence-corrected chi connectivity index (χ3v) is 6.66. The van der Waals surface area contributed by atoms with Crippen LogP contribution in [0.2, 0.25) is 0 Å². The van der Waals surface area contributed by atoms with Crippen LogP contribution in [-0.2, 0) is 0 Å². The Labute approximate surface area is 124 Å². The van der Waals surface area contributed by atoms with Gasteiger partial charge in [0.2, 0.25) is 0 Å². The second-order valence-corrected chi connectivity index (χ2v) is 7.88. The van der Waals surface area contributed by atoms with Gasteiger partial charge in [-0.15, -0.1) is 0 Å². The summed E-state index contributed by atoms with van der Waals surface area (Å²) in [5, 5.41) is 10.3. The number of hydrogen-bond acceptors (Lipinski definition) is 2. The molecule has 1 aliphatic heterocycles. The van der Waals surface area contributed by atoms with E-state index in [9.17, 15) is 5.11 Å². The Hall–Kier alpha value is -0.0800. The molecule has 2 heteroatoms. The van der Waals surface area contributed by atoms with Gasteiger partial charge in [0.1, 0.15) is 0 Å². The summed E-state index contributed by atoms with van der Waals surface area (Å²) in [5.41, 5.74) is 0. The molecule has 1 saturated heterocycles. The second-order valence-electron chi connectivity index (χ2n) is 7.88. The standard InChI is InChI=1S/C18H33NO/c1-13-9-10-15(12-14(13)2)19-11-4-3-7-17(19)16-6-5-8-18(16)20/h13-18,20H,3-12H2,1-2H3. The van der Waals surface area contributed by atoms with E-state index < -0.39 is 0 Å². The molecule has 0 aromatic rings. The zero-order valence-electron chi connectivity index (χ0n) is 13.4. The first kappa shape index (κ1) is 14.8. The molecule has 0 aromatic carbocycles. The average Bonchev–Trinajstić information content (AvgIpc) is 2.88. The minimum Gasteiger partial charge on any atom is -0.393 e. The van der Waals surface area contributed by atoms with Crippen molar-refractivity contribution in [2.24, 2.45) is 17.8 Å². The van der Waals surface area contributed by atoms with Gasteiger partial charge in [-0.05, 0) is 63.3 Å². The van der Waals surface area contributed by atoms with Gasteiger partial charge in [-0.1, -0.05) is 26.7 Å². The van der Waals surface area contributed by atoms with Crippen LogP contribution < -0.4 is 0 Å². The average molecular weight is 279 g/mol. The van der Waals surface area contributed by atoms with E-state index in [1.165, 1.54) is 57.9 Å². The van der Waals surface area contributed by atoms with E-state index in [1.54, 1.807) is 0 Å². The molecular weight excluding hydrogens is 246 g/mol. The lowest BCUT2D eigenvalue weighted by Gasteiger charge is -2.48. The van der Waals surface area contributed by atoms with Crippen LogP contribution in [0, 0.1) is 17.8 Å². The number of aliphatic hydroxyl groups excluding tert-OH is 1. The van der Waals surface area contributed by atoms with Crippen molar-refractivity contribution in [3.63, 3.8) is 0 Å².